The van der Waals surface area contributed by atoms with Crippen molar-refractivity contribution in [2.45, 2.75) is 26.2 Å². The molecule has 3 heteroatoms. The summed E-state index contributed by atoms with van der Waals surface area (Å²) in [6.07, 6.45) is 3.80. The first-order valence-electron chi connectivity index (χ1n) is 6.24. The first-order valence-corrected chi connectivity index (χ1v) is 6.88. The summed E-state index contributed by atoms with van der Waals surface area (Å²) in [5.74, 6) is 2.73. The lowest BCUT2D eigenvalue weighted by Gasteiger charge is -2.40. The van der Waals surface area contributed by atoms with Crippen LogP contribution in [0.15, 0.2) is 24.3 Å². The van der Waals surface area contributed by atoms with E-state index in [1.54, 1.807) is 0 Å². The molecule has 1 aliphatic carbocycles. The smallest absolute Gasteiger partial charge is 0.119 e. The zero-order chi connectivity index (χ0) is 12.1. The van der Waals surface area contributed by atoms with E-state index in [-0.39, 0.29) is 0 Å². The molecule has 0 N–H and O–H groups in total. The lowest BCUT2D eigenvalue weighted by molar-refractivity contribution is 0.0829. The van der Waals surface area contributed by atoms with Gasteiger partial charge in [0.25, 0.3) is 0 Å². The summed E-state index contributed by atoms with van der Waals surface area (Å²) in [6.45, 7) is 3.46. The van der Waals surface area contributed by atoms with E-state index >= 15 is 0 Å². The van der Waals surface area contributed by atoms with Gasteiger partial charge >= 0.3 is 0 Å². The van der Waals surface area contributed by atoms with Gasteiger partial charge in [-0.3, -0.25) is 0 Å². The first kappa shape index (κ1) is 12.6. The number of benzene rings is 1. The summed E-state index contributed by atoms with van der Waals surface area (Å²) in [4.78, 5) is 0. The van der Waals surface area contributed by atoms with E-state index in [2.05, 4.69) is 12.6 Å². The molecule has 0 aromatic heterocycles. The molecule has 0 atom stereocenters. The summed E-state index contributed by atoms with van der Waals surface area (Å²) in [5.41, 5.74) is 0.321. The Bertz CT molecular complexity index is 338. The quantitative estimate of drug-likeness (QED) is 0.780. The molecule has 1 aromatic carbocycles. The standard InChI is InChI=1S/C14H20O2S/c1-2-15-12-4-6-13(7-5-12)16-10-14(11-17)8-3-9-14/h4-7,17H,2-3,8-11H2,1H3. The van der Waals surface area contributed by atoms with Crippen LogP contribution in [0.1, 0.15) is 26.2 Å². The van der Waals surface area contributed by atoms with Gasteiger partial charge in [-0.1, -0.05) is 6.42 Å². The Kier molecular flexibility index (Phi) is 4.21. The summed E-state index contributed by atoms with van der Waals surface area (Å²) >= 11 is 4.42. The second-order valence-corrected chi connectivity index (χ2v) is 5.02. The fraction of sp³-hybridized carbons (Fsp3) is 0.571. The summed E-state index contributed by atoms with van der Waals surface area (Å²) in [7, 11) is 0. The molecular weight excluding hydrogens is 232 g/mol. The fourth-order valence-electron chi connectivity index (χ4n) is 2.06. The Morgan fingerprint density at radius 1 is 1.12 bits per heavy atom. The van der Waals surface area contributed by atoms with E-state index in [0.29, 0.717) is 12.0 Å². The van der Waals surface area contributed by atoms with Crippen LogP contribution in [0.25, 0.3) is 0 Å². The molecular formula is C14H20O2S. The normalized spacial score (nSPS) is 17.3. The van der Waals surface area contributed by atoms with Crippen LogP contribution in [0, 0.1) is 5.41 Å². The van der Waals surface area contributed by atoms with E-state index < -0.39 is 0 Å². The minimum Gasteiger partial charge on any atom is -0.494 e. The third kappa shape index (κ3) is 3.09. The summed E-state index contributed by atoms with van der Waals surface area (Å²) in [6, 6.07) is 7.84. The molecule has 0 amide bonds. The van der Waals surface area contributed by atoms with Crippen LogP contribution in [-0.2, 0) is 0 Å². The number of rotatable bonds is 6. The highest BCUT2D eigenvalue weighted by Crippen LogP contribution is 2.42. The van der Waals surface area contributed by atoms with Crippen LogP contribution in [-0.4, -0.2) is 19.0 Å². The van der Waals surface area contributed by atoms with Crippen LogP contribution in [0.2, 0.25) is 0 Å². The molecule has 1 saturated carbocycles. The van der Waals surface area contributed by atoms with Crippen molar-refractivity contribution in [3.8, 4) is 11.5 Å². The molecule has 0 spiro atoms. The van der Waals surface area contributed by atoms with Gasteiger partial charge in [-0.05, 0) is 49.8 Å². The van der Waals surface area contributed by atoms with Crippen molar-refractivity contribution in [1.29, 1.82) is 0 Å². The average Bonchev–Trinajstić information content (AvgIpc) is 2.31. The van der Waals surface area contributed by atoms with Crippen LogP contribution >= 0.6 is 12.6 Å². The Balaban J connectivity index is 1.86. The third-order valence-corrected chi connectivity index (χ3v) is 4.10. The van der Waals surface area contributed by atoms with Crippen LogP contribution in [0.5, 0.6) is 11.5 Å². The Morgan fingerprint density at radius 3 is 2.12 bits per heavy atom. The zero-order valence-corrected chi connectivity index (χ0v) is 11.2. The molecule has 0 bridgehead atoms. The molecule has 1 aliphatic rings. The highest BCUT2D eigenvalue weighted by Gasteiger charge is 2.36. The highest BCUT2D eigenvalue weighted by atomic mass is 32.1. The van der Waals surface area contributed by atoms with Crippen molar-refractivity contribution in [3.63, 3.8) is 0 Å². The molecule has 0 heterocycles. The Labute approximate surface area is 109 Å². The molecule has 94 valence electrons. The largest absolute Gasteiger partial charge is 0.494 e. The van der Waals surface area contributed by atoms with Crippen molar-refractivity contribution >= 4 is 12.6 Å². The van der Waals surface area contributed by atoms with Gasteiger partial charge in [0.15, 0.2) is 0 Å². The third-order valence-electron chi connectivity index (χ3n) is 3.43. The highest BCUT2D eigenvalue weighted by molar-refractivity contribution is 7.80. The topological polar surface area (TPSA) is 18.5 Å². The van der Waals surface area contributed by atoms with Gasteiger partial charge in [0.05, 0.1) is 13.2 Å². The second-order valence-electron chi connectivity index (χ2n) is 4.70. The molecule has 0 unspecified atom stereocenters. The van der Waals surface area contributed by atoms with Gasteiger partial charge in [0, 0.05) is 5.41 Å². The lowest BCUT2D eigenvalue weighted by atomic mass is 9.71. The molecule has 0 radical (unpaired) electrons. The molecule has 1 aromatic rings. The van der Waals surface area contributed by atoms with Gasteiger partial charge in [0.2, 0.25) is 0 Å². The van der Waals surface area contributed by atoms with Crippen LogP contribution in [0.3, 0.4) is 0 Å². The molecule has 0 aliphatic heterocycles. The monoisotopic (exact) mass is 252 g/mol. The lowest BCUT2D eigenvalue weighted by Crippen LogP contribution is -2.37. The first-order chi connectivity index (χ1) is 8.28. The van der Waals surface area contributed by atoms with Gasteiger partial charge in [-0.15, -0.1) is 0 Å². The molecule has 17 heavy (non-hydrogen) atoms. The van der Waals surface area contributed by atoms with Gasteiger partial charge < -0.3 is 9.47 Å². The maximum absolute atomic E-state index is 5.83. The van der Waals surface area contributed by atoms with Crippen molar-refractivity contribution in [1.82, 2.24) is 0 Å². The second kappa shape index (κ2) is 5.67. The molecule has 2 nitrogen and oxygen atoms in total. The van der Waals surface area contributed by atoms with E-state index in [9.17, 15) is 0 Å². The average molecular weight is 252 g/mol. The molecule has 0 saturated heterocycles. The van der Waals surface area contributed by atoms with Crippen LogP contribution < -0.4 is 9.47 Å². The van der Waals surface area contributed by atoms with E-state index in [4.69, 9.17) is 9.47 Å². The van der Waals surface area contributed by atoms with E-state index in [1.807, 2.05) is 31.2 Å². The molecule has 2 rings (SSSR count). The summed E-state index contributed by atoms with van der Waals surface area (Å²) < 4.78 is 11.2. The SMILES string of the molecule is CCOc1ccc(OCC2(CS)CCC2)cc1. The van der Waals surface area contributed by atoms with Crippen molar-refractivity contribution in [2.24, 2.45) is 5.41 Å². The minimum atomic E-state index is 0.321. The Hall–Kier alpha value is -0.830. The van der Waals surface area contributed by atoms with Gasteiger partial charge in [-0.2, -0.15) is 12.6 Å². The number of ether oxygens (including phenoxy) is 2. The van der Waals surface area contributed by atoms with Gasteiger partial charge in [0.1, 0.15) is 11.5 Å². The minimum absolute atomic E-state index is 0.321. The van der Waals surface area contributed by atoms with E-state index in [0.717, 1.165) is 23.9 Å². The van der Waals surface area contributed by atoms with Crippen molar-refractivity contribution < 1.29 is 9.47 Å². The van der Waals surface area contributed by atoms with Gasteiger partial charge in [-0.25, -0.2) is 0 Å². The predicted octanol–water partition coefficient (Wildman–Crippen LogP) is 3.56. The maximum atomic E-state index is 5.83. The van der Waals surface area contributed by atoms with Crippen molar-refractivity contribution in [2.75, 3.05) is 19.0 Å². The zero-order valence-electron chi connectivity index (χ0n) is 10.3. The molecule has 1 fully saturated rings. The fourth-order valence-corrected chi connectivity index (χ4v) is 2.47. The number of hydrogen-bond acceptors (Lipinski definition) is 3. The van der Waals surface area contributed by atoms with Crippen LogP contribution in [0.4, 0.5) is 0 Å². The predicted molar refractivity (Wildman–Crippen MR) is 73.2 cm³/mol. The van der Waals surface area contributed by atoms with Crippen molar-refractivity contribution in [3.05, 3.63) is 24.3 Å². The maximum Gasteiger partial charge on any atom is 0.119 e. The Morgan fingerprint density at radius 2 is 1.71 bits per heavy atom. The number of hydrogen-bond donors (Lipinski definition) is 1. The van der Waals surface area contributed by atoms with E-state index in [1.165, 1.54) is 19.3 Å². The number of thiol groups is 1. The summed E-state index contributed by atoms with van der Waals surface area (Å²) in [5, 5.41) is 0.